The monoisotopic (exact) mass is 651 g/mol. The highest BCUT2D eigenvalue weighted by Crippen LogP contribution is 2.36. The topological polar surface area (TPSA) is 115 Å². The van der Waals surface area contributed by atoms with Crippen LogP contribution < -0.4 is 10.6 Å². The second-order valence-electron chi connectivity index (χ2n) is 13.3. The van der Waals surface area contributed by atoms with Crippen molar-refractivity contribution in [3.63, 3.8) is 0 Å². The Kier molecular flexibility index (Phi) is 8.59. The van der Waals surface area contributed by atoms with Gasteiger partial charge in [-0.25, -0.2) is 19.9 Å². The van der Waals surface area contributed by atoms with Crippen LogP contribution in [0.5, 0.6) is 0 Å². The molecule has 0 radical (unpaired) electrons. The maximum atomic E-state index is 9.92. The fourth-order valence-electron chi connectivity index (χ4n) is 7.20. The maximum Gasteiger partial charge on any atom is 0.158 e. The van der Waals surface area contributed by atoms with Gasteiger partial charge in [0.15, 0.2) is 11.6 Å². The van der Waals surface area contributed by atoms with Crippen LogP contribution in [0.15, 0.2) is 79.4 Å². The van der Waals surface area contributed by atoms with Crippen LogP contribution in [-0.4, -0.2) is 72.1 Å². The molecule has 0 spiro atoms. The lowest BCUT2D eigenvalue weighted by molar-refractivity contribution is 0.175. The summed E-state index contributed by atoms with van der Waals surface area (Å²) in [5, 5.41) is 18.1. The Hall–Kier alpha value is -5.03. The van der Waals surface area contributed by atoms with Crippen molar-refractivity contribution in [1.82, 2.24) is 34.7 Å². The minimum atomic E-state index is -0.232. The van der Waals surface area contributed by atoms with Crippen LogP contribution >= 0.6 is 0 Å². The second kappa shape index (κ2) is 13.5. The van der Waals surface area contributed by atoms with Crippen LogP contribution in [0.4, 0.5) is 23.0 Å². The van der Waals surface area contributed by atoms with E-state index in [0.29, 0.717) is 12.4 Å². The van der Waals surface area contributed by atoms with Crippen molar-refractivity contribution < 1.29 is 5.11 Å². The standard InChI is InChI=1S/C39H41N9O/c1-25-31(7-5-9-33(25)45-38-36-28(11-14-40-38)19-27(20-42-36)22-48-18-13-30(49)24-48)32-8-6-10-34(26(32)2)46-39-37-35(12-15-41-39)44-29(21-43-37)23-47-16-3-4-17-47/h5-12,14-15,19-21,30,49H,3-4,13,16-18,22-24H2,1-2H3,(H,40,45)(H,41,46)/t30-/m1/s1. The molecule has 8 rings (SSSR count). The summed E-state index contributed by atoms with van der Waals surface area (Å²) >= 11 is 0. The van der Waals surface area contributed by atoms with Gasteiger partial charge < -0.3 is 15.7 Å². The summed E-state index contributed by atoms with van der Waals surface area (Å²) in [7, 11) is 0. The molecule has 6 aromatic rings. The molecule has 1 atom stereocenters. The number of pyridine rings is 3. The molecule has 2 aliphatic heterocycles. The van der Waals surface area contributed by atoms with Gasteiger partial charge in [0.2, 0.25) is 0 Å². The highest BCUT2D eigenvalue weighted by atomic mass is 16.3. The summed E-state index contributed by atoms with van der Waals surface area (Å²) in [6.45, 7) is 9.77. The molecule has 10 nitrogen and oxygen atoms in total. The third kappa shape index (κ3) is 6.55. The zero-order chi connectivity index (χ0) is 33.3. The Labute approximate surface area is 286 Å². The number of likely N-dealkylation sites (tertiary alicyclic amines) is 2. The molecule has 10 heteroatoms. The first-order valence-electron chi connectivity index (χ1n) is 17.2. The summed E-state index contributed by atoms with van der Waals surface area (Å²) in [5.41, 5.74) is 11.0. The number of β-amino-alcohol motifs (C(OH)–C–C–N with tert-alkyl or cyclic N) is 1. The van der Waals surface area contributed by atoms with Gasteiger partial charge in [0.1, 0.15) is 11.0 Å². The smallest absolute Gasteiger partial charge is 0.158 e. The lowest BCUT2D eigenvalue weighted by Gasteiger charge is -2.18. The normalized spacial score (nSPS) is 16.9. The van der Waals surface area contributed by atoms with Gasteiger partial charge in [0.25, 0.3) is 0 Å². The number of nitrogens with one attached hydrogen (secondary N) is 2. The van der Waals surface area contributed by atoms with Crippen LogP contribution in [0.3, 0.4) is 0 Å². The van der Waals surface area contributed by atoms with Gasteiger partial charge in [-0.3, -0.25) is 14.8 Å². The molecule has 0 unspecified atom stereocenters. The summed E-state index contributed by atoms with van der Waals surface area (Å²) in [5.74, 6) is 1.42. The number of hydrogen-bond acceptors (Lipinski definition) is 10. The predicted octanol–water partition coefficient (Wildman–Crippen LogP) is 6.90. The lowest BCUT2D eigenvalue weighted by atomic mass is 9.94. The first kappa shape index (κ1) is 31.3. The van der Waals surface area contributed by atoms with Crippen molar-refractivity contribution in [3.8, 4) is 11.1 Å². The third-order valence-electron chi connectivity index (χ3n) is 9.87. The quantitative estimate of drug-likeness (QED) is 0.153. The van der Waals surface area contributed by atoms with Gasteiger partial charge in [0.05, 0.1) is 23.5 Å². The Bertz CT molecular complexity index is 2150. The van der Waals surface area contributed by atoms with Gasteiger partial charge in [0, 0.05) is 61.5 Å². The highest BCUT2D eigenvalue weighted by molar-refractivity contribution is 5.92. The number of aliphatic hydroxyl groups is 1. The van der Waals surface area contributed by atoms with Crippen LogP contribution in [0.2, 0.25) is 0 Å². The number of nitrogens with zero attached hydrogens (tertiary/aromatic N) is 7. The number of aliphatic hydroxyl groups excluding tert-OH is 1. The van der Waals surface area contributed by atoms with E-state index in [1.165, 1.54) is 12.8 Å². The first-order chi connectivity index (χ1) is 24.0. The lowest BCUT2D eigenvalue weighted by Crippen LogP contribution is -2.21. The minimum Gasteiger partial charge on any atom is -0.392 e. The zero-order valence-electron chi connectivity index (χ0n) is 28.0. The number of rotatable bonds is 9. The van der Waals surface area contributed by atoms with Crippen LogP contribution in [-0.2, 0) is 13.1 Å². The van der Waals surface area contributed by atoms with Gasteiger partial charge >= 0.3 is 0 Å². The fraction of sp³-hybridized carbons (Fsp3) is 0.308. The average molecular weight is 652 g/mol. The summed E-state index contributed by atoms with van der Waals surface area (Å²) < 4.78 is 0. The van der Waals surface area contributed by atoms with E-state index >= 15 is 0 Å². The second-order valence-corrected chi connectivity index (χ2v) is 13.3. The molecular weight excluding hydrogens is 610 g/mol. The van der Waals surface area contributed by atoms with Crippen LogP contribution in [0, 0.1) is 13.8 Å². The molecule has 2 aliphatic rings. The number of anilines is 4. The summed E-state index contributed by atoms with van der Waals surface area (Å²) in [6.07, 6.45) is 10.5. The Morgan fingerprint density at radius 3 is 2.10 bits per heavy atom. The molecular formula is C39H41N9O. The van der Waals surface area contributed by atoms with Gasteiger partial charge in [-0.2, -0.15) is 0 Å². The number of aromatic nitrogens is 5. The number of benzene rings is 2. The van der Waals surface area contributed by atoms with Crippen molar-refractivity contribution in [1.29, 1.82) is 0 Å². The third-order valence-corrected chi connectivity index (χ3v) is 9.87. The van der Waals surface area contributed by atoms with Crippen molar-refractivity contribution in [2.24, 2.45) is 0 Å². The molecule has 6 heterocycles. The number of hydrogen-bond donors (Lipinski definition) is 3. The molecule has 0 saturated carbocycles. The van der Waals surface area contributed by atoms with E-state index in [0.717, 1.165) is 112 Å². The van der Waals surface area contributed by atoms with E-state index in [1.54, 1.807) is 6.20 Å². The zero-order valence-corrected chi connectivity index (χ0v) is 28.0. The SMILES string of the molecule is Cc1c(Nc2nccc3cc(CN4CC[C@@H](O)C4)cnc23)cccc1-c1cccc(Nc2nccc3nc(CN4CCCC4)cnc23)c1C. The molecule has 0 bridgehead atoms. The average Bonchev–Trinajstić information content (AvgIpc) is 3.78. The van der Waals surface area contributed by atoms with Gasteiger partial charge in [-0.1, -0.05) is 24.3 Å². The molecule has 2 fully saturated rings. The summed E-state index contributed by atoms with van der Waals surface area (Å²) in [4.78, 5) is 28.6. The van der Waals surface area contributed by atoms with E-state index in [1.807, 2.05) is 30.7 Å². The minimum absolute atomic E-state index is 0.232. The Balaban J connectivity index is 1.04. The van der Waals surface area contributed by atoms with Crippen LogP contribution in [0.1, 0.15) is 41.6 Å². The van der Waals surface area contributed by atoms with E-state index < -0.39 is 0 Å². The molecule has 3 N–H and O–H groups in total. The van der Waals surface area contributed by atoms with Crippen molar-refractivity contribution >= 4 is 44.9 Å². The fourth-order valence-corrected chi connectivity index (χ4v) is 7.20. The highest BCUT2D eigenvalue weighted by Gasteiger charge is 2.21. The predicted molar refractivity (Wildman–Crippen MR) is 195 cm³/mol. The first-order valence-corrected chi connectivity index (χ1v) is 17.2. The van der Waals surface area contributed by atoms with E-state index in [-0.39, 0.29) is 6.10 Å². The molecule has 4 aromatic heterocycles. The molecule has 0 amide bonds. The van der Waals surface area contributed by atoms with Crippen LogP contribution in [0.25, 0.3) is 33.1 Å². The Morgan fingerprint density at radius 1 is 0.735 bits per heavy atom. The van der Waals surface area contributed by atoms with Crippen molar-refractivity contribution in [2.75, 3.05) is 36.8 Å². The van der Waals surface area contributed by atoms with E-state index in [2.05, 4.69) is 86.7 Å². The van der Waals surface area contributed by atoms with Crippen molar-refractivity contribution in [2.45, 2.75) is 52.3 Å². The largest absolute Gasteiger partial charge is 0.392 e. The van der Waals surface area contributed by atoms with Gasteiger partial charge in [-0.05, 0) is 104 Å². The Morgan fingerprint density at radius 2 is 1.41 bits per heavy atom. The molecule has 49 heavy (non-hydrogen) atoms. The van der Waals surface area contributed by atoms with Gasteiger partial charge in [-0.15, -0.1) is 0 Å². The molecule has 248 valence electrons. The van der Waals surface area contributed by atoms with E-state index in [4.69, 9.17) is 15.0 Å². The maximum absolute atomic E-state index is 9.92. The van der Waals surface area contributed by atoms with Crippen molar-refractivity contribution in [3.05, 3.63) is 102 Å². The molecule has 2 aromatic carbocycles. The van der Waals surface area contributed by atoms with E-state index in [9.17, 15) is 5.11 Å². The summed E-state index contributed by atoms with van der Waals surface area (Å²) in [6, 6.07) is 18.8. The molecule has 0 aliphatic carbocycles. The molecule has 2 saturated heterocycles. The number of fused-ring (bicyclic) bond motifs is 2.